The molecule has 3 heterocycles. The molecule has 0 radical (unpaired) electrons. The van der Waals surface area contributed by atoms with Crippen LogP contribution in [0.5, 0.6) is 0 Å². The summed E-state index contributed by atoms with van der Waals surface area (Å²) >= 11 is 0. The van der Waals surface area contributed by atoms with E-state index in [9.17, 15) is 14.4 Å². The molecule has 1 aliphatic carbocycles. The molecular formula is C26H34N4O3. The van der Waals surface area contributed by atoms with Gasteiger partial charge in [0.2, 0.25) is 0 Å². The van der Waals surface area contributed by atoms with Crippen molar-refractivity contribution in [2.24, 2.45) is 11.8 Å². The Hall–Kier alpha value is -2.70. The van der Waals surface area contributed by atoms with Crippen molar-refractivity contribution < 1.29 is 4.79 Å². The van der Waals surface area contributed by atoms with Gasteiger partial charge in [0.15, 0.2) is 0 Å². The van der Waals surface area contributed by atoms with Crippen LogP contribution in [0.1, 0.15) is 79.5 Å². The van der Waals surface area contributed by atoms with E-state index >= 15 is 0 Å². The summed E-state index contributed by atoms with van der Waals surface area (Å²) in [5, 5.41) is 4.72. The fourth-order valence-electron chi connectivity index (χ4n) is 5.96. The zero-order valence-electron chi connectivity index (χ0n) is 19.5. The molecule has 2 atom stereocenters. The lowest BCUT2D eigenvalue weighted by Gasteiger charge is -2.34. The maximum atomic E-state index is 13.2. The molecule has 7 nitrogen and oxygen atoms in total. The van der Waals surface area contributed by atoms with Gasteiger partial charge in [-0.15, -0.1) is 0 Å². The minimum absolute atomic E-state index is 0.00738. The number of carbonyl (C=O) groups excluding carboxylic acids is 1. The number of hydrogen-bond donors (Lipinski definition) is 0. The second kappa shape index (κ2) is 9.27. The molecule has 1 aromatic carbocycles. The number of likely N-dealkylation sites (tertiary alicyclic amines) is 1. The molecular weight excluding hydrogens is 416 g/mol. The summed E-state index contributed by atoms with van der Waals surface area (Å²) in [5.74, 6) is 1.41. The summed E-state index contributed by atoms with van der Waals surface area (Å²) in [4.78, 5) is 40.7. The molecule has 33 heavy (non-hydrogen) atoms. The summed E-state index contributed by atoms with van der Waals surface area (Å²) in [7, 11) is 0. The second-order valence-electron chi connectivity index (χ2n) is 10.1. The molecule has 0 N–H and O–H groups in total. The first-order valence-corrected chi connectivity index (χ1v) is 12.6. The number of carbonyl (C=O) groups is 1. The molecule has 1 aromatic heterocycles. The van der Waals surface area contributed by atoms with E-state index in [0.29, 0.717) is 43.5 Å². The normalized spacial score (nSPS) is 22.8. The molecule has 7 heteroatoms. The molecule has 3 aliphatic rings. The molecule has 2 aliphatic heterocycles. The van der Waals surface area contributed by atoms with Crippen LogP contribution in [0.15, 0.2) is 33.9 Å². The third-order valence-corrected chi connectivity index (χ3v) is 7.85. The van der Waals surface area contributed by atoms with E-state index in [1.807, 2.05) is 29.2 Å². The highest BCUT2D eigenvalue weighted by molar-refractivity contribution is 5.94. The molecule has 1 amide bonds. The number of rotatable bonds is 5. The summed E-state index contributed by atoms with van der Waals surface area (Å²) in [6, 6.07) is 7.93. The predicted octanol–water partition coefficient (Wildman–Crippen LogP) is 3.20. The Bertz CT molecular complexity index is 1130. The maximum Gasteiger partial charge on any atom is 0.332 e. The maximum absolute atomic E-state index is 13.2. The van der Waals surface area contributed by atoms with Crippen LogP contribution in [0.3, 0.4) is 0 Å². The number of fused-ring (bicyclic) bond motifs is 3. The highest BCUT2D eigenvalue weighted by Crippen LogP contribution is 2.37. The first-order valence-electron chi connectivity index (χ1n) is 12.6. The minimum Gasteiger partial charge on any atom is -0.338 e. The largest absolute Gasteiger partial charge is 0.338 e. The van der Waals surface area contributed by atoms with E-state index in [-0.39, 0.29) is 17.7 Å². The fourth-order valence-corrected chi connectivity index (χ4v) is 5.96. The topological polar surface area (TPSA) is 77.2 Å². The van der Waals surface area contributed by atoms with Gasteiger partial charge in [-0.25, -0.2) is 4.68 Å². The summed E-state index contributed by atoms with van der Waals surface area (Å²) in [6.07, 6.45) is 8.73. The Labute approximate surface area is 194 Å². The third-order valence-electron chi connectivity index (χ3n) is 7.85. The molecule has 0 spiro atoms. The number of amides is 1. The van der Waals surface area contributed by atoms with Gasteiger partial charge in [0.05, 0.1) is 0 Å². The van der Waals surface area contributed by atoms with E-state index in [1.54, 1.807) is 4.57 Å². The first-order chi connectivity index (χ1) is 16.0. The third kappa shape index (κ3) is 4.30. The number of nitrogens with zero attached hydrogens (tertiary/aromatic N) is 4. The quantitative estimate of drug-likeness (QED) is 0.656. The lowest BCUT2D eigenvalue weighted by Crippen LogP contribution is -2.45. The van der Waals surface area contributed by atoms with E-state index in [2.05, 4.69) is 6.92 Å². The highest BCUT2D eigenvalue weighted by Gasteiger charge is 2.41. The zero-order chi connectivity index (χ0) is 22.9. The minimum atomic E-state index is -0.497. The molecule has 0 bridgehead atoms. The van der Waals surface area contributed by atoms with Gasteiger partial charge < -0.3 is 4.90 Å². The van der Waals surface area contributed by atoms with Gasteiger partial charge in [-0.2, -0.15) is 5.10 Å². The van der Waals surface area contributed by atoms with Crippen molar-refractivity contribution in [3.05, 3.63) is 61.9 Å². The van der Waals surface area contributed by atoms with Crippen molar-refractivity contribution in [1.29, 1.82) is 0 Å². The number of hydrogen-bond acceptors (Lipinski definition) is 4. The number of piperidine rings is 1. The van der Waals surface area contributed by atoms with Crippen LogP contribution in [-0.2, 0) is 19.5 Å². The molecule has 2 fully saturated rings. The Morgan fingerprint density at radius 2 is 1.76 bits per heavy atom. The monoisotopic (exact) mass is 450 g/mol. The molecule has 1 saturated heterocycles. The van der Waals surface area contributed by atoms with Crippen LogP contribution in [0, 0.1) is 11.8 Å². The number of aryl methyl sites for hydroxylation is 1. The van der Waals surface area contributed by atoms with E-state index in [0.717, 1.165) is 32.1 Å². The fraction of sp³-hybridized carbons (Fsp3) is 0.615. The molecule has 176 valence electrons. The molecule has 0 unspecified atom stereocenters. The SMILES string of the molecule is CCCc1ccc(C(=O)N2CC[C@H]3Cn4c(nn(CC5CCCCC5)c(=O)c4=O)[C@@H]3C2)cc1. The number of benzene rings is 1. The van der Waals surface area contributed by atoms with Crippen LogP contribution in [0.2, 0.25) is 0 Å². The Balaban J connectivity index is 1.37. The number of aromatic nitrogens is 3. The van der Waals surface area contributed by atoms with Crippen molar-refractivity contribution in [2.75, 3.05) is 13.1 Å². The van der Waals surface area contributed by atoms with Crippen molar-refractivity contribution in [3.8, 4) is 0 Å². The molecule has 5 rings (SSSR count). The van der Waals surface area contributed by atoms with Gasteiger partial charge in [0.1, 0.15) is 5.82 Å². The van der Waals surface area contributed by atoms with E-state index in [4.69, 9.17) is 5.10 Å². The summed E-state index contributed by atoms with van der Waals surface area (Å²) in [6.45, 7) is 4.45. The van der Waals surface area contributed by atoms with Crippen LogP contribution in [0.25, 0.3) is 0 Å². The Morgan fingerprint density at radius 3 is 2.48 bits per heavy atom. The molecule has 1 saturated carbocycles. The van der Waals surface area contributed by atoms with Crippen molar-refractivity contribution >= 4 is 5.91 Å². The Morgan fingerprint density at radius 1 is 1.00 bits per heavy atom. The van der Waals surface area contributed by atoms with Crippen LogP contribution in [-0.4, -0.2) is 38.2 Å². The van der Waals surface area contributed by atoms with Gasteiger partial charge in [-0.05, 0) is 55.2 Å². The smallest absolute Gasteiger partial charge is 0.332 e. The lowest BCUT2D eigenvalue weighted by atomic mass is 9.87. The summed E-state index contributed by atoms with van der Waals surface area (Å²) < 4.78 is 3.02. The van der Waals surface area contributed by atoms with Gasteiger partial charge in [-0.1, -0.05) is 44.7 Å². The standard InChI is InChI=1S/C26H34N4O3/c1-2-6-18-9-11-20(12-10-18)24(31)28-14-13-21-16-29-23(22(21)17-28)27-30(26(33)25(29)32)15-19-7-4-3-5-8-19/h9-12,19,21-22H,2-8,13-17H2,1H3/t21-,22+/m0/s1. The second-order valence-corrected chi connectivity index (χ2v) is 10.1. The zero-order valence-corrected chi connectivity index (χ0v) is 19.5. The first kappa shape index (κ1) is 22.1. The van der Waals surface area contributed by atoms with Crippen molar-refractivity contribution in [3.63, 3.8) is 0 Å². The summed E-state index contributed by atoms with van der Waals surface area (Å²) in [5.41, 5.74) is 1.01. The van der Waals surface area contributed by atoms with Crippen LogP contribution in [0.4, 0.5) is 0 Å². The molecule has 2 aromatic rings. The van der Waals surface area contributed by atoms with Crippen LogP contribution >= 0.6 is 0 Å². The van der Waals surface area contributed by atoms with Crippen molar-refractivity contribution in [1.82, 2.24) is 19.2 Å². The van der Waals surface area contributed by atoms with E-state index in [1.165, 1.54) is 29.5 Å². The van der Waals surface area contributed by atoms with Gasteiger partial charge in [0, 0.05) is 37.7 Å². The lowest BCUT2D eigenvalue weighted by molar-refractivity contribution is 0.0667. The average molecular weight is 451 g/mol. The van der Waals surface area contributed by atoms with E-state index < -0.39 is 11.1 Å². The van der Waals surface area contributed by atoms with Gasteiger partial charge >= 0.3 is 11.1 Å². The Kier molecular flexibility index (Phi) is 6.21. The van der Waals surface area contributed by atoms with Crippen LogP contribution < -0.4 is 11.1 Å². The van der Waals surface area contributed by atoms with Gasteiger partial charge in [0.25, 0.3) is 5.91 Å². The van der Waals surface area contributed by atoms with Crippen molar-refractivity contribution in [2.45, 2.75) is 77.3 Å². The highest BCUT2D eigenvalue weighted by atomic mass is 16.2. The predicted molar refractivity (Wildman–Crippen MR) is 127 cm³/mol. The average Bonchev–Trinajstić information content (AvgIpc) is 3.21. The van der Waals surface area contributed by atoms with Gasteiger partial charge in [-0.3, -0.25) is 19.0 Å².